The number of hydrogen-bond donors (Lipinski definition) is 0. The van der Waals surface area contributed by atoms with Gasteiger partial charge in [0.05, 0.1) is 12.9 Å². The van der Waals surface area contributed by atoms with Gasteiger partial charge in [-0.15, -0.1) is 0 Å². The summed E-state index contributed by atoms with van der Waals surface area (Å²) in [5, 5.41) is 0. The van der Waals surface area contributed by atoms with Crippen LogP contribution in [0.15, 0.2) is 0 Å². The zero-order chi connectivity index (χ0) is 11.6. The smallest absolute Gasteiger partial charge is 0.211 e. The fourth-order valence-corrected chi connectivity index (χ4v) is 3.29. The first kappa shape index (κ1) is 12.3. The Morgan fingerprint density at radius 3 is 2.62 bits per heavy atom. The molecule has 2 rings (SSSR count). The van der Waals surface area contributed by atoms with E-state index >= 15 is 0 Å². The molecule has 0 N–H and O–H groups in total. The first-order valence-corrected chi connectivity index (χ1v) is 7.69. The molecule has 0 saturated carbocycles. The first-order chi connectivity index (χ1) is 7.57. The SMILES string of the molecule is CS(=O)(=O)N1CCCN(C2CCOC2)CC1. The summed E-state index contributed by atoms with van der Waals surface area (Å²) >= 11 is 0. The lowest BCUT2D eigenvalue weighted by Crippen LogP contribution is -2.39. The minimum absolute atomic E-state index is 0.500. The summed E-state index contributed by atoms with van der Waals surface area (Å²) in [6.07, 6.45) is 3.30. The Labute approximate surface area is 97.4 Å². The predicted molar refractivity (Wildman–Crippen MR) is 61.8 cm³/mol. The van der Waals surface area contributed by atoms with Crippen LogP contribution in [-0.2, 0) is 14.8 Å². The van der Waals surface area contributed by atoms with Crippen molar-refractivity contribution in [2.24, 2.45) is 0 Å². The van der Waals surface area contributed by atoms with Gasteiger partial charge in [-0.2, -0.15) is 0 Å². The average Bonchev–Trinajstić information content (AvgIpc) is 2.60. The van der Waals surface area contributed by atoms with Gasteiger partial charge in [-0.05, 0) is 19.4 Å². The third kappa shape index (κ3) is 2.94. The summed E-state index contributed by atoms with van der Waals surface area (Å²) < 4.78 is 29.9. The second-order valence-electron chi connectivity index (χ2n) is 4.57. The van der Waals surface area contributed by atoms with Crippen molar-refractivity contribution in [1.82, 2.24) is 9.21 Å². The summed E-state index contributed by atoms with van der Waals surface area (Å²) in [7, 11) is -3.02. The Morgan fingerprint density at radius 1 is 1.19 bits per heavy atom. The van der Waals surface area contributed by atoms with E-state index in [1.54, 1.807) is 4.31 Å². The average molecular weight is 248 g/mol. The topological polar surface area (TPSA) is 49.9 Å². The zero-order valence-corrected chi connectivity index (χ0v) is 10.6. The van der Waals surface area contributed by atoms with E-state index in [1.807, 2.05) is 0 Å². The summed E-state index contributed by atoms with van der Waals surface area (Å²) in [6.45, 7) is 4.75. The summed E-state index contributed by atoms with van der Waals surface area (Å²) in [4.78, 5) is 2.37. The molecule has 1 unspecified atom stereocenters. The van der Waals surface area contributed by atoms with Crippen molar-refractivity contribution in [2.45, 2.75) is 18.9 Å². The highest BCUT2D eigenvalue weighted by Gasteiger charge is 2.27. The molecule has 0 aliphatic carbocycles. The van der Waals surface area contributed by atoms with Crippen LogP contribution in [-0.4, -0.2) is 69.3 Å². The summed E-state index contributed by atoms with van der Waals surface area (Å²) in [5.41, 5.74) is 0. The molecule has 0 amide bonds. The molecule has 2 saturated heterocycles. The van der Waals surface area contributed by atoms with E-state index < -0.39 is 10.0 Å². The first-order valence-electron chi connectivity index (χ1n) is 5.84. The van der Waals surface area contributed by atoms with Crippen LogP contribution in [0.3, 0.4) is 0 Å². The van der Waals surface area contributed by atoms with Gasteiger partial charge < -0.3 is 4.74 Å². The summed E-state index contributed by atoms with van der Waals surface area (Å²) in [6, 6.07) is 0.500. The molecule has 2 aliphatic rings. The standard InChI is InChI=1S/C10H20N2O3S/c1-16(13,14)12-5-2-4-11(6-7-12)10-3-8-15-9-10/h10H,2-9H2,1H3. The number of sulfonamides is 1. The van der Waals surface area contributed by atoms with Crippen LogP contribution in [0.1, 0.15) is 12.8 Å². The zero-order valence-electron chi connectivity index (χ0n) is 9.76. The second kappa shape index (κ2) is 5.00. The maximum atomic E-state index is 11.4. The fraction of sp³-hybridized carbons (Fsp3) is 1.00. The molecular weight excluding hydrogens is 228 g/mol. The van der Waals surface area contributed by atoms with Gasteiger partial charge in [0.25, 0.3) is 0 Å². The highest BCUT2D eigenvalue weighted by molar-refractivity contribution is 7.88. The van der Waals surface area contributed by atoms with Gasteiger partial charge in [0, 0.05) is 32.3 Å². The Morgan fingerprint density at radius 2 is 2.00 bits per heavy atom. The summed E-state index contributed by atoms with van der Waals surface area (Å²) in [5.74, 6) is 0. The molecule has 2 aliphatic heterocycles. The lowest BCUT2D eigenvalue weighted by Gasteiger charge is -2.25. The van der Waals surface area contributed by atoms with Crippen molar-refractivity contribution in [3.8, 4) is 0 Å². The fourth-order valence-electron chi connectivity index (χ4n) is 2.42. The Hall–Kier alpha value is -0.170. The molecule has 94 valence electrons. The van der Waals surface area contributed by atoms with Crippen LogP contribution in [0.5, 0.6) is 0 Å². The van der Waals surface area contributed by atoms with Gasteiger partial charge in [0.15, 0.2) is 0 Å². The molecule has 0 aromatic carbocycles. The lowest BCUT2D eigenvalue weighted by molar-refractivity contribution is 0.147. The van der Waals surface area contributed by atoms with E-state index in [0.717, 1.165) is 39.1 Å². The number of hydrogen-bond acceptors (Lipinski definition) is 4. The third-order valence-electron chi connectivity index (χ3n) is 3.38. The van der Waals surface area contributed by atoms with E-state index in [-0.39, 0.29) is 0 Å². The molecule has 1 atom stereocenters. The molecule has 0 aromatic rings. The van der Waals surface area contributed by atoms with Crippen LogP contribution in [0.25, 0.3) is 0 Å². The molecule has 6 heteroatoms. The molecule has 2 fully saturated rings. The number of ether oxygens (including phenoxy) is 1. The van der Waals surface area contributed by atoms with E-state index in [9.17, 15) is 8.42 Å². The van der Waals surface area contributed by atoms with Crippen LogP contribution >= 0.6 is 0 Å². The number of nitrogens with zero attached hydrogens (tertiary/aromatic N) is 2. The largest absolute Gasteiger partial charge is 0.380 e. The molecule has 0 aromatic heterocycles. The Kier molecular flexibility index (Phi) is 3.84. The van der Waals surface area contributed by atoms with E-state index in [0.29, 0.717) is 19.1 Å². The van der Waals surface area contributed by atoms with Crippen molar-refractivity contribution in [1.29, 1.82) is 0 Å². The van der Waals surface area contributed by atoms with Gasteiger partial charge in [0.1, 0.15) is 0 Å². The van der Waals surface area contributed by atoms with Crippen molar-refractivity contribution < 1.29 is 13.2 Å². The maximum Gasteiger partial charge on any atom is 0.211 e. The van der Waals surface area contributed by atoms with E-state index in [4.69, 9.17) is 4.74 Å². The number of rotatable bonds is 2. The highest BCUT2D eigenvalue weighted by atomic mass is 32.2. The molecule has 2 heterocycles. The van der Waals surface area contributed by atoms with Crippen molar-refractivity contribution in [2.75, 3.05) is 45.6 Å². The van der Waals surface area contributed by atoms with Crippen LogP contribution in [0, 0.1) is 0 Å². The van der Waals surface area contributed by atoms with Gasteiger partial charge >= 0.3 is 0 Å². The molecule has 0 spiro atoms. The molecule has 0 bridgehead atoms. The van der Waals surface area contributed by atoms with Gasteiger partial charge in [-0.3, -0.25) is 4.90 Å². The van der Waals surface area contributed by atoms with E-state index in [1.165, 1.54) is 6.26 Å². The van der Waals surface area contributed by atoms with Gasteiger partial charge in [-0.1, -0.05) is 0 Å². The van der Waals surface area contributed by atoms with Gasteiger partial charge in [0.2, 0.25) is 10.0 Å². The second-order valence-corrected chi connectivity index (χ2v) is 6.55. The Bertz CT molecular complexity index is 325. The molecule has 5 nitrogen and oxygen atoms in total. The molecule has 0 radical (unpaired) electrons. The lowest BCUT2D eigenvalue weighted by atomic mass is 10.2. The van der Waals surface area contributed by atoms with Crippen LogP contribution < -0.4 is 0 Å². The maximum absolute atomic E-state index is 11.4. The molecular formula is C10H20N2O3S. The van der Waals surface area contributed by atoms with Crippen molar-refractivity contribution in [3.63, 3.8) is 0 Å². The minimum Gasteiger partial charge on any atom is -0.380 e. The normalized spacial score (nSPS) is 30.4. The highest BCUT2D eigenvalue weighted by Crippen LogP contribution is 2.15. The van der Waals surface area contributed by atoms with Crippen LogP contribution in [0.4, 0.5) is 0 Å². The monoisotopic (exact) mass is 248 g/mol. The van der Waals surface area contributed by atoms with Crippen molar-refractivity contribution >= 4 is 10.0 Å². The van der Waals surface area contributed by atoms with Crippen molar-refractivity contribution in [3.05, 3.63) is 0 Å². The molecule has 16 heavy (non-hydrogen) atoms. The quantitative estimate of drug-likeness (QED) is 0.676. The van der Waals surface area contributed by atoms with E-state index in [2.05, 4.69) is 4.90 Å². The predicted octanol–water partition coefficient (Wildman–Crippen LogP) is -0.257. The van der Waals surface area contributed by atoms with Gasteiger partial charge in [-0.25, -0.2) is 12.7 Å². The third-order valence-corrected chi connectivity index (χ3v) is 4.68. The van der Waals surface area contributed by atoms with Crippen LogP contribution in [0.2, 0.25) is 0 Å². The Balaban J connectivity index is 1.92. The minimum atomic E-state index is -3.02.